The molecule has 0 saturated heterocycles. The molecule has 3 unspecified atom stereocenters. The van der Waals surface area contributed by atoms with Crippen LogP contribution < -0.4 is 3.53 Å². The zero-order chi connectivity index (χ0) is 13.3. The van der Waals surface area contributed by atoms with Crippen molar-refractivity contribution in [1.29, 1.82) is 0 Å². The van der Waals surface area contributed by atoms with Gasteiger partial charge in [0, 0.05) is 35.3 Å². The molecule has 2 N–H and O–H groups in total. The summed E-state index contributed by atoms with van der Waals surface area (Å²) in [7, 11) is 0. The van der Waals surface area contributed by atoms with Crippen LogP contribution in [0.1, 0.15) is 47.0 Å². The quantitative estimate of drug-likeness (QED) is 0.461. The number of hydrogen-bond acceptors (Lipinski definition) is 4. The van der Waals surface area contributed by atoms with E-state index in [0.29, 0.717) is 12.8 Å². The zero-order valence-corrected chi connectivity index (χ0v) is 13.1. The summed E-state index contributed by atoms with van der Waals surface area (Å²) in [6, 6.07) is 0.0394. The van der Waals surface area contributed by atoms with Crippen LogP contribution in [0.2, 0.25) is 0 Å². The Balaban J connectivity index is 2.55. The van der Waals surface area contributed by atoms with Gasteiger partial charge in [-0.05, 0) is 40.5 Å². The average Bonchev–Trinajstić information content (AvgIpc) is 2.56. The predicted molar refractivity (Wildman–Crippen MR) is 74.8 cm³/mol. The minimum absolute atomic E-state index is 0.0394. The number of aliphatic hydroxyl groups is 1. The molecule has 1 saturated carbocycles. The first kappa shape index (κ1) is 15.2. The maximum Gasteiger partial charge on any atom is 0.313 e. The molecule has 17 heavy (non-hydrogen) atoms. The van der Waals surface area contributed by atoms with Gasteiger partial charge in [-0.3, -0.25) is 8.32 Å². The Morgan fingerprint density at radius 3 is 2.65 bits per heavy atom. The van der Waals surface area contributed by atoms with Crippen LogP contribution in [0.5, 0.6) is 0 Å². The average molecular weight is 355 g/mol. The maximum absolute atomic E-state index is 12.1. The summed E-state index contributed by atoms with van der Waals surface area (Å²) in [5.41, 5.74) is -1.24. The summed E-state index contributed by atoms with van der Waals surface area (Å²) in [6.07, 6.45) is 1.85. The van der Waals surface area contributed by atoms with Gasteiger partial charge in [-0.1, -0.05) is 0 Å². The van der Waals surface area contributed by atoms with Gasteiger partial charge in [-0.15, -0.1) is 0 Å². The number of nitrogens with one attached hydrogen (secondary N) is 1. The molecule has 0 spiro atoms. The van der Waals surface area contributed by atoms with E-state index in [9.17, 15) is 9.90 Å². The number of halogens is 1. The summed E-state index contributed by atoms with van der Waals surface area (Å²) in [4.78, 5) is 12.1. The highest BCUT2D eigenvalue weighted by Gasteiger charge is 2.40. The Labute approximate surface area is 117 Å². The highest BCUT2D eigenvalue weighted by atomic mass is 127. The fourth-order valence-corrected chi connectivity index (χ4v) is 2.66. The largest absolute Gasteiger partial charge is 0.462 e. The van der Waals surface area contributed by atoms with E-state index in [0.717, 1.165) is 6.42 Å². The maximum atomic E-state index is 12.1. The molecule has 0 aromatic rings. The molecule has 1 rings (SSSR count). The third-order valence-corrected chi connectivity index (χ3v) is 4.65. The van der Waals surface area contributed by atoms with Crippen LogP contribution in [0.25, 0.3) is 0 Å². The van der Waals surface area contributed by atoms with Gasteiger partial charge < -0.3 is 9.84 Å². The Kier molecular flexibility index (Phi) is 4.82. The predicted octanol–water partition coefficient (Wildman–Crippen LogP) is 2.19. The first-order valence-corrected chi connectivity index (χ1v) is 7.06. The van der Waals surface area contributed by atoms with Crippen LogP contribution in [-0.2, 0) is 9.53 Å². The van der Waals surface area contributed by atoms with E-state index < -0.39 is 11.0 Å². The van der Waals surface area contributed by atoms with Crippen molar-refractivity contribution in [2.45, 2.75) is 64.7 Å². The van der Waals surface area contributed by atoms with Gasteiger partial charge in [0.1, 0.15) is 6.10 Å². The fraction of sp³-hybridized carbons (Fsp3) is 0.917. The van der Waals surface area contributed by atoms with Crippen LogP contribution in [-0.4, -0.2) is 28.8 Å². The second kappa shape index (κ2) is 5.40. The second-order valence-electron chi connectivity index (χ2n) is 5.82. The molecule has 0 aliphatic heterocycles. The fourth-order valence-electron chi connectivity index (χ4n) is 1.88. The summed E-state index contributed by atoms with van der Waals surface area (Å²) in [5, 5.41) is 9.83. The Morgan fingerprint density at radius 2 is 2.24 bits per heavy atom. The molecular weight excluding hydrogens is 333 g/mol. The van der Waals surface area contributed by atoms with Gasteiger partial charge >= 0.3 is 5.97 Å². The number of carbonyl (C=O) groups is 1. The number of ether oxygens (including phenoxy) is 1. The Hall–Kier alpha value is 0.120. The van der Waals surface area contributed by atoms with Crippen LogP contribution in [0.15, 0.2) is 0 Å². The lowest BCUT2D eigenvalue weighted by molar-refractivity contribution is -0.161. The van der Waals surface area contributed by atoms with Gasteiger partial charge in [-0.25, -0.2) is 0 Å². The topological polar surface area (TPSA) is 58.6 Å². The third kappa shape index (κ3) is 3.79. The Bertz CT molecular complexity index is 291. The molecular formula is C12H22INO3. The second-order valence-corrected chi connectivity index (χ2v) is 6.44. The molecule has 0 bridgehead atoms. The minimum Gasteiger partial charge on any atom is -0.462 e. The van der Waals surface area contributed by atoms with E-state index in [1.165, 1.54) is 0 Å². The van der Waals surface area contributed by atoms with Crippen molar-refractivity contribution in [3.63, 3.8) is 0 Å². The third-order valence-electron chi connectivity index (χ3n) is 3.72. The Morgan fingerprint density at radius 1 is 1.65 bits per heavy atom. The molecule has 0 aromatic heterocycles. The molecule has 5 heteroatoms. The summed E-state index contributed by atoms with van der Waals surface area (Å²) in [6.45, 7) is 7.50. The normalized spacial score (nSPS) is 31.3. The van der Waals surface area contributed by atoms with Crippen LogP contribution in [0.4, 0.5) is 0 Å². The number of hydrogen-bond donors (Lipinski definition) is 2. The van der Waals surface area contributed by atoms with Gasteiger partial charge in [0.25, 0.3) is 0 Å². The molecule has 0 amide bonds. The van der Waals surface area contributed by atoms with Crippen molar-refractivity contribution < 1.29 is 14.6 Å². The van der Waals surface area contributed by atoms with Crippen LogP contribution in [0, 0.1) is 5.41 Å². The van der Waals surface area contributed by atoms with E-state index in [-0.39, 0.29) is 18.1 Å². The molecule has 0 heterocycles. The van der Waals surface area contributed by atoms with E-state index in [1.54, 1.807) is 6.92 Å². The van der Waals surface area contributed by atoms with E-state index >= 15 is 0 Å². The molecule has 1 aliphatic rings. The van der Waals surface area contributed by atoms with E-state index in [1.807, 2.05) is 43.6 Å². The summed E-state index contributed by atoms with van der Waals surface area (Å²) >= 11 is 2.04. The first-order chi connectivity index (χ1) is 7.69. The standard InChI is InChI=1S/C12H22INO3/c1-8(14-13)11(2,3)10(15)17-9-5-6-12(4,16)7-9/h8-9,14,16H,5-7H2,1-4H3. The molecule has 1 fully saturated rings. The zero-order valence-electron chi connectivity index (χ0n) is 10.9. The summed E-state index contributed by atoms with van der Waals surface area (Å²) in [5.74, 6) is -0.197. The van der Waals surface area contributed by atoms with Crippen LogP contribution >= 0.6 is 22.9 Å². The minimum atomic E-state index is -0.678. The van der Waals surface area contributed by atoms with E-state index in [4.69, 9.17) is 4.74 Å². The molecule has 0 radical (unpaired) electrons. The van der Waals surface area contributed by atoms with E-state index in [2.05, 4.69) is 3.53 Å². The van der Waals surface area contributed by atoms with Crippen molar-refractivity contribution in [3.8, 4) is 0 Å². The molecule has 3 atom stereocenters. The lowest BCUT2D eigenvalue weighted by atomic mass is 9.86. The van der Waals surface area contributed by atoms with Crippen molar-refractivity contribution in [3.05, 3.63) is 0 Å². The summed E-state index contributed by atoms with van der Waals surface area (Å²) < 4.78 is 8.54. The van der Waals surface area contributed by atoms with Crippen molar-refractivity contribution in [1.82, 2.24) is 3.53 Å². The lowest BCUT2D eigenvalue weighted by Gasteiger charge is -2.30. The molecule has 4 nitrogen and oxygen atoms in total. The number of esters is 1. The molecule has 0 aromatic carbocycles. The highest BCUT2D eigenvalue weighted by Crippen LogP contribution is 2.33. The van der Waals surface area contributed by atoms with Crippen molar-refractivity contribution in [2.75, 3.05) is 0 Å². The van der Waals surface area contributed by atoms with Gasteiger partial charge in [0.2, 0.25) is 0 Å². The van der Waals surface area contributed by atoms with Crippen molar-refractivity contribution in [2.24, 2.45) is 5.41 Å². The lowest BCUT2D eigenvalue weighted by Crippen LogP contribution is -2.43. The number of rotatable bonds is 4. The molecule has 100 valence electrons. The van der Waals surface area contributed by atoms with Crippen molar-refractivity contribution >= 4 is 28.8 Å². The van der Waals surface area contributed by atoms with Crippen LogP contribution in [0.3, 0.4) is 0 Å². The highest BCUT2D eigenvalue weighted by molar-refractivity contribution is 14.1. The molecule has 1 aliphatic carbocycles. The van der Waals surface area contributed by atoms with Gasteiger partial charge in [0.05, 0.1) is 11.0 Å². The first-order valence-electron chi connectivity index (χ1n) is 5.98. The SMILES string of the molecule is CC(NI)C(C)(C)C(=O)OC1CCC(C)(O)C1. The monoisotopic (exact) mass is 355 g/mol. The smallest absolute Gasteiger partial charge is 0.313 e. The van der Waals surface area contributed by atoms with Gasteiger partial charge in [0.15, 0.2) is 0 Å². The number of carbonyl (C=O) groups excluding carboxylic acids is 1. The van der Waals surface area contributed by atoms with Gasteiger partial charge in [-0.2, -0.15) is 0 Å².